The standard InChI is InChI=1S/C5H12N2O.C4H9NO.C4H8NO.4CH4/c1-6(2)5(8)7(3)4;2*1-4(6)5(2)3;;;;/h1-4H3;1-3H3;2H2,1,3H3;4*1H4/q;;+1;;;;. The highest BCUT2D eigenvalue weighted by molar-refractivity contribution is 5.73. The molecule has 7 heteroatoms. The molecule has 0 aliphatic rings. The summed E-state index contributed by atoms with van der Waals surface area (Å²) in [7, 11) is 12.0. The van der Waals surface area contributed by atoms with E-state index < -0.39 is 0 Å². The fourth-order valence-electron chi connectivity index (χ4n) is 0.400. The van der Waals surface area contributed by atoms with Gasteiger partial charge in [0.15, 0.2) is 0 Å². The van der Waals surface area contributed by atoms with Crippen molar-refractivity contribution in [2.24, 2.45) is 0 Å². The lowest BCUT2D eigenvalue weighted by Gasteiger charge is -2.16. The van der Waals surface area contributed by atoms with Gasteiger partial charge in [-0.15, -0.1) is 0 Å². The number of hydrogen-bond acceptors (Lipinski definition) is 3. The number of hydrogen-bond donors (Lipinski definition) is 0. The summed E-state index contributed by atoms with van der Waals surface area (Å²) in [6.45, 7) is 6.31. The highest BCUT2D eigenvalue weighted by Gasteiger charge is 2.02. The second-order valence-electron chi connectivity index (χ2n) is 4.70. The molecule has 0 bridgehead atoms. The molecular weight excluding hydrogens is 308 g/mol. The molecule has 0 N–H and O–H groups in total. The number of nitrogens with zero attached hydrogens (tertiary/aromatic N) is 4. The third-order valence-corrected chi connectivity index (χ3v) is 1.93. The maximum atomic E-state index is 10.7. The zero-order chi connectivity index (χ0) is 17.0. The number of rotatable bonds is 0. The van der Waals surface area contributed by atoms with Gasteiger partial charge in [0.05, 0.1) is 6.92 Å². The van der Waals surface area contributed by atoms with Crippen LogP contribution in [0.2, 0.25) is 0 Å². The highest BCUT2D eigenvalue weighted by atomic mass is 16.2. The zero-order valence-electron chi connectivity index (χ0n) is 14.2. The van der Waals surface area contributed by atoms with Crippen molar-refractivity contribution in [3.8, 4) is 0 Å². The molecule has 4 amide bonds. The molecule has 0 saturated carbocycles. The van der Waals surface area contributed by atoms with Gasteiger partial charge < -0.3 is 14.7 Å². The summed E-state index contributed by atoms with van der Waals surface area (Å²) in [5.74, 6) is 0.0741. The first kappa shape index (κ1) is 43.1. The molecule has 0 spiro atoms. The Balaban J connectivity index is -0.0000000338. The van der Waals surface area contributed by atoms with Gasteiger partial charge in [0.2, 0.25) is 5.91 Å². The van der Waals surface area contributed by atoms with Crippen LogP contribution in [0.5, 0.6) is 0 Å². The third kappa shape index (κ3) is 36.9. The summed E-state index contributed by atoms with van der Waals surface area (Å²) >= 11 is 0. The minimum Gasteiger partial charge on any atom is -0.349 e. The number of carbonyl (C=O) groups is 3. The van der Waals surface area contributed by atoms with E-state index in [1.807, 2.05) is 0 Å². The minimum atomic E-state index is -0.0185. The van der Waals surface area contributed by atoms with E-state index in [1.54, 1.807) is 49.3 Å². The van der Waals surface area contributed by atoms with Gasteiger partial charge in [-0.1, -0.05) is 29.7 Å². The SMILES string of the molecule is C.C.C.C.C=[N+](C)C(C)=O.CC(=O)N(C)C.CN(C)C(=O)N(C)C. The second kappa shape index (κ2) is 23.3. The molecule has 0 aromatic rings. The summed E-state index contributed by atoms with van der Waals surface area (Å²) in [4.78, 5) is 35.4. The molecule has 0 aliphatic carbocycles. The Morgan fingerprint density at radius 3 is 0.875 bits per heavy atom. The Hall–Kier alpha value is -1.92. The smallest absolute Gasteiger partial charge is 0.349 e. The van der Waals surface area contributed by atoms with Crippen molar-refractivity contribution in [3.05, 3.63) is 0 Å². The quantitative estimate of drug-likeness (QED) is 0.497. The topological polar surface area (TPSA) is 63.9 Å². The van der Waals surface area contributed by atoms with Gasteiger partial charge in [0, 0.05) is 49.2 Å². The summed E-state index contributed by atoms with van der Waals surface area (Å²) in [6, 6.07) is 0.0185. The Morgan fingerprint density at radius 1 is 0.708 bits per heavy atom. The van der Waals surface area contributed by atoms with Crippen molar-refractivity contribution in [3.63, 3.8) is 0 Å². The van der Waals surface area contributed by atoms with E-state index in [-0.39, 0.29) is 47.6 Å². The molecule has 0 fully saturated rings. The summed E-state index contributed by atoms with van der Waals surface area (Å²) < 4.78 is 1.28. The van der Waals surface area contributed by atoms with Gasteiger partial charge in [0.25, 0.3) is 0 Å². The van der Waals surface area contributed by atoms with Crippen LogP contribution >= 0.6 is 0 Å². The van der Waals surface area contributed by atoms with Gasteiger partial charge in [-0.3, -0.25) is 4.79 Å². The van der Waals surface area contributed by atoms with Crippen LogP contribution in [0.25, 0.3) is 0 Å². The van der Waals surface area contributed by atoms with Crippen LogP contribution in [-0.2, 0) is 9.59 Å². The van der Waals surface area contributed by atoms with Crippen molar-refractivity contribution < 1.29 is 19.0 Å². The lowest BCUT2D eigenvalue weighted by atomic mass is 10.7. The molecule has 0 aromatic carbocycles. The maximum Gasteiger partial charge on any atom is 0.383 e. The maximum absolute atomic E-state index is 10.7. The van der Waals surface area contributed by atoms with Crippen LogP contribution in [0, 0.1) is 0 Å². The molecule has 0 atom stereocenters. The fourth-order valence-corrected chi connectivity index (χ4v) is 0.400. The number of amides is 4. The first-order chi connectivity index (χ1) is 8.84. The average Bonchev–Trinajstić information content (AvgIpc) is 2.28. The molecule has 0 radical (unpaired) electrons. The second-order valence-corrected chi connectivity index (χ2v) is 4.70. The molecular formula is C17H45N4O3+. The van der Waals surface area contributed by atoms with Crippen LogP contribution < -0.4 is 0 Å². The normalized spacial score (nSPS) is 6.71. The number of urea groups is 1. The average molecular weight is 354 g/mol. The van der Waals surface area contributed by atoms with Crippen LogP contribution in [0.4, 0.5) is 4.79 Å². The van der Waals surface area contributed by atoms with E-state index in [4.69, 9.17) is 0 Å². The van der Waals surface area contributed by atoms with Crippen LogP contribution in [0.1, 0.15) is 43.6 Å². The van der Waals surface area contributed by atoms with E-state index >= 15 is 0 Å². The van der Waals surface area contributed by atoms with E-state index in [2.05, 4.69) is 6.72 Å². The molecule has 0 saturated heterocycles. The van der Waals surface area contributed by atoms with Crippen LogP contribution in [0.3, 0.4) is 0 Å². The van der Waals surface area contributed by atoms with E-state index in [9.17, 15) is 14.4 Å². The van der Waals surface area contributed by atoms with Crippen molar-refractivity contribution in [2.45, 2.75) is 43.6 Å². The first-order valence-corrected chi connectivity index (χ1v) is 5.95. The van der Waals surface area contributed by atoms with Crippen molar-refractivity contribution in [1.82, 2.24) is 14.7 Å². The molecule has 7 nitrogen and oxygen atoms in total. The molecule has 0 aliphatic heterocycles. The summed E-state index contributed by atoms with van der Waals surface area (Å²) in [6.07, 6.45) is 0. The van der Waals surface area contributed by atoms with Gasteiger partial charge >= 0.3 is 11.9 Å². The molecule has 150 valence electrons. The molecule has 0 unspecified atom stereocenters. The van der Waals surface area contributed by atoms with Crippen LogP contribution in [-0.4, -0.2) is 93.2 Å². The van der Waals surface area contributed by atoms with Crippen molar-refractivity contribution in [2.75, 3.05) is 49.3 Å². The fraction of sp³-hybridized carbons (Fsp3) is 0.765. The number of carbonyl (C=O) groups excluding carboxylic acids is 3. The van der Waals surface area contributed by atoms with Gasteiger partial charge in [-0.25, -0.2) is 9.59 Å². The first-order valence-electron chi connectivity index (χ1n) is 5.95. The predicted octanol–water partition coefficient (Wildman–Crippen LogP) is 2.74. The molecule has 24 heavy (non-hydrogen) atoms. The lowest BCUT2D eigenvalue weighted by molar-refractivity contribution is -0.408. The summed E-state index contributed by atoms with van der Waals surface area (Å²) in [5.41, 5.74) is 0. The van der Waals surface area contributed by atoms with E-state index in [1.165, 1.54) is 33.1 Å². The Morgan fingerprint density at radius 2 is 0.875 bits per heavy atom. The predicted molar refractivity (Wildman–Crippen MR) is 108 cm³/mol. The molecule has 0 rings (SSSR count). The Kier molecular flexibility index (Phi) is 42.0. The molecule has 0 aromatic heterocycles. The Bertz CT molecular complexity index is 317. The lowest BCUT2D eigenvalue weighted by Crippen LogP contribution is -2.33. The van der Waals surface area contributed by atoms with Gasteiger partial charge in [-0.05, 0) is 0 Å². The molecule has 0 heterocycles. The van der Waals surface area contributed by atoms with Crippen LogP contribution in [0.15, 0.2) is 0 Å². The largest absolute Gasteiger partial charge is 0.383 e. The van der Waals surface area contributed by atoms with Gasteiger partial charge in [-0.2, -0.15) is 4.58 Å². The third-order valence-electron chi connectivity index (χ3n) is 1.93. The van der Waals surface area contributed by atoms with E-state index in [0.717, 1.165) is 0 Å². The van der Waals surface area contributed by atoms with Gasteiger partial charge in [0.1, 0.15) is 13.8 Å². The minimum absolute atomic E-state index is 0. The zero-order valence-corrected chi connectivity index (χ0v) is 14.2. The Labute approximate surface area is 151 Å². The van der Waals surface area contributed by atoms with E-state index in [0.29, 0.717) is 0 Å². The monoisotopic (exact) mass is 353 g/mol. The van der Waals surface area contributed by atoms with Crippen molar-refractivity contribution >= 4 is 24.6 Å². The highest BCUT2D eigenvalue weighted by Crippen LogP contribution is 1.83. The summed E-state index contributed by atoms with van der Waals surface area (Å²) in [5, 5.41) is 0. The van der Waals surface area contributed by atoms with Crippen molar-refractivity contribution in [1.29, 1.82) is 0 Å².